The second-order valence-electron chi connectivity index (χ2n) is 7.99. The van der Waals surface area contributed by atoms with Gasteiger partial charge in [-0.25, -0.2) is 0 Å². The summed E-state index contributed by atoms with van der Waals surface area (Å²) >= 11 is 5.88. The van der Waals surface area contributed by atoms with E-state index in [4.69, 9.17) is 21.1 Å². The molecule has 2 amide bonds. The molecule has 4 rings (SSSR count). The van der Waals surface area contributed by atoms with Crippen LogP contribution in [-0.4, -0.2) is 68.2 Å². The maximum Gasteiger partial charge on any atom is 0.309 e. The number of carbonyl (C=O) groups is 2. The van der Waals surface area contributed by atoms with Crippen molar-refractivity contribution in [1.29, 1.82) is 0 Å². The van der Waals surface area contributed by atoms with Crippen molar-refractivity contribution in [3.63, 3.8) is 0 Å². The van der Waals surface area contributed by atoms with Gasteiger partial charge >= 0.3 is 11.8 Å². The first-order chi connectivity index (χ1) is 15.5. The first-order valence-electron chi connectivity index (χ1n) is 10.6. The van der Waals surface area contributed by atoms with Gasteiger partial charge in [0.25, 0.3) is 0 Å². The Labute approximate surface area is 192 Å². The van der Waals surface area contributed by atoms with Crippen molar-refractivity contribution in [2.75, 3.05) is 46.6 Å². The van der Waals surface area contributed by atoms with Crippen LogP contribution in [0.5, 0.6) is 11.5 Å². The van der Waals surface area contributed by atoms with Gasteiger partial charge in [-0.1, -0.05) is 29.8 Å². The second-order valence-corrected chi connectivity index (χ2v) is 8.42. The molecule has 0 spiro atoms. The lowest BCUT2D eigenvalue weighted by Crippen LogP contribution is -2.49. The molecule has 2 aromatic rings. The molecule has 1 atom stereocenters. The lowest BCUT2D eigenvalue weighted by atomic mass is 10.0. The molecule has 9 heteroatoms. The molecule has 2 aromatic carbocycles. The fourth-order valence-corrected chi connectivity index (χ4v) is 3.97. The van der Waals surface area contributed by atoms with Crippen molar-refractivity contribution in [2.24, 2.45) is 0 Å². The highest BCUT2D eigenvalue weighted by Gasteiger charge is 2.27. The van der Waals surface area contributed by atoms with E-state index in [-0.39, 0.29) is 19.4 Å². The van der Waals surface area contributed by atoms with Gasteiger partial charge in [0, 0.05) is 44.3 Å². The van der Waals surface area contributed by atoms with Crippen LogP contribution in [0.4, 0.5) is 0 Å². The second kappa shape index (κ2) is 10.2. The number of fused-ring (bicyclic) bond motifs is 1. The van der Waals surface area contributed by atoms with Crippen molar-refractivity contribution in [1.82, 2.24) is 20.4 Å². The average molecular weight is 459 g/mol. The van der Waals surface area contributed by atoms with E-state index in [0.717, 1.165) is 43.1 Å². The Hall–Kier alpha value is -2.81. The van der Waals surface area contributed by atoms with Gasteiger partial charge in [-0.15, -0.1) is 0 Å². The Morgan fingerprint density at radius 3 is 2.41 bits per heavy atom. The van der Waals surface area contributed by atoms with E-state index in [2.05, 4.69) is 27.5 Å². The summed E-state index contributed by atoms with van der Waals surface area (Å²) in [5, 5.41) is 6.07. The molecule has 2 aliphatic rings. The Kier molecular flexibility index (Phi) is 7.14. The molecule has 8 nitrogen and oxygen atoms in total. The van der Waals surface area contributed by atoms with Crippen molar-refractivity contribution in [2.45, 2.75) is 12.6 Å². The van der Waals surface area contributed by atoms with E-state index in [1.165, 1.54) is 0 Å². The number of rotatable bonds is 6. The zero-order chi connectivity index (χ0) is 22.5. The van der Waals surface area contributed by atoms with Gasteiger partial charge in [-0.2, -0.15) is 0 Å². The minimum absolute atomic E-state index is 0.0776. The minimum Gasteiger partial charge on any atom is -0.454 e. The summed E-state index contributed by atoms with van der Waals surface area (Å²) in [5.41, 5.74) is 1.88. The molecule has 1 unspecified atom stereocenters. The van der Waals surface area contributed by atoms with Gasteiger partial charge in [-0.05, 0) is 42.4 Å². The van der Waals surface area contributed by atoms with Crippen LogP contribution in [0.2, 0.25) is 5.02 Å². The van der Waals surface area contributed by atoms with Crippen LogP contribution >= 0.6 is 11.6 Å². The van der Waals surface area contributed by atoms with Crippen molar-refractivity contribution >= 4 is 23.4 Å². The van der Waals surface area contributed by atoms with E-state index in [1.807, 2.05) is 30.3 Å². The molecule has 0 saturated carbocycles. The Balaban J connectivity index is 1.38. The van der Waals surface area contributed by atoms with Crippen molar-refractivity contribution in [3.8, 4) is 11.5 Å². The topological polar surface area (TPSA) is 83.1 Å². The number of amides is 2. The highest BCUT2D eigenvalue weighted by molar-refractivity contribution is 6.35. The van der Waals surface area contributed by atoms with E-state index in [1.54, 1.807) is 12.1 Å². The first-order valence-corrected chi connectivity index (χ1v) is 11.0. The van der Waals surface area contributed by atoms with E-state index >= 15 is 0 Å². The predicted molar refractivity (Wildman–Crippen MR) is 121 cm³/mol. The maximum atomic E-state index is 12.5. The van der Waals surface area contributed by atoms with Gasteiger partial charge in [0.1, 0.15) is 0 Å². The predicted octanol–water partition coefficient (Wildman–Crippen LogP) is 1.79. The summed E-state index contributed by atoms with van der Waals surface area (Å²) in [6.07, 6.45) is 0. The first kappa shape index (κ1) is 22.4. The number of piperazine rings is 1. The van der Waals surface area contributed by atoms with Crippen LogP contribution in [0.1, 0.15) is 17.2 Å². The average Bonchev–Trinajstić information content (AvgIpc) is 3.27. The smallest absolute Gasteiger partial charge is 0.309 e. The fraction of sp³-hybridized carbons (Fsp3) is 0.391. The van der Waals surface area contributed by atoms with E-state index < -0.39 is 11.8 Å². The number of hydrogen-bond acceptors (Lipinski definition) is 6. The zero-order valence-electron chi connectivity index (χ0n) is 18.0. The summed E-state index contributed by atoms with van der Waals surface area (Å²) in [5.74, 6) is 0.103. The summed E-state index contributed by atoms with van der Waals surface area (Å²) in [4.78, 5) is 29.4. The molecule has 170 valence electrons. The lowest BCUT2D eigenvalue weighted by molar-refractivity contribution is -0.139. The van der Waals surface area contributed by atoms with Gasteiger partial charge in [0.2, 0.25) is 6.79 Å². The Morgan fingerprint density at radius 2 is 1.66 bits per heavy atom. The van der Waals surface area contributed by atoms with Crippen molar-refractivity contribution in [3.05, 3.63) is 58.6 Å². The monoisotopic (exact) mass is 458 g/mol. The molecule has 0 aromatic heterocycles. The summed E-state index contributed by atoms with van der Waals surface area (Å²) in [7, 11) is 2.10. The SMILES string of the molecule is CN1CCN(C(CNC(=O)C(=O)NCc2ccc(Cl)cc2)c2ccc3c(c2)OCO3)CC1. The third-order valence-corrected chi connectivity index (χ3v) is 6.04. The highest BCUT2D eigenvalue weighted by atomic mass is 35.5. The summed E-state index contributed by atoms with van der Waals surface area (Å²) in [6, 6.07) is 12.9. The van der Waals surface area contributed by atoms with Gasteiger partial charge in [0.05, 0.1) is 6.04 Å². The quantitative estimate of drug-likeness (QED) is 0.642. The minimum atomic E-state index is -0.664. The number of ether oxygens (including phenoxy) is 2. The Morgan fingerprint density at radius 1 is 0.969 bits per heavy atom. The molecule has 2 aliphatic heterocycles. The molecule has 2 heterocycles. The molecule has 32 heavy (non-hydrogen) atoms. The number of nitrogens with one attached hydrogen (secondary N) is 2. The van der Waals surface area contributed by atoms with Crippen LogP contribution in [0.15, 0.2) is 42.5 Å². The largest absolute Gasteiger partial charge is 0.454 e. The highest BCUT2D eigenvalue weighted by Crippen LogP contribution is 2.35. The lowest BCUT2D eigenvalue weighted by Gasteiger charge is -2.38. The number of nitrogens with zero attached hydrogens (tertiary/aromatic N) is 2. The van der Waals surface area contributed by atoms with Crippen LogP contribution in [0.25, 0.3) is 0 Å². The van der Waals surface area contributed by atoms with Crippen molar-refractivity contribution < 1.29 is 19.1 Å². The molecular weight excluding hydrogens is 432 g/mol. The molecule has 2 N–H and O–H groups in total. The van der Waals surface area contributed by atoms with Gasteiger partial charge < -0.3 is 25.0 Å². The van der Waals surface area contributed by atoms with Crippen LogP contribution in [0, 0.1) is 0 Å². The number of likely N-dealkylation sites (N-methyl/N-ethyl adjacent to an activating group) is 1. The van der Waals surface area contributed by atoms with E-state index in [9.17, 15) is 9.59 Å². The molecule has 0 bridgehead atoms. The molecular formula is C23H27ClN4O4. The third kappa shape index (κ3) is 5.51. The van der Waals surface area contributed by atoms with E-state index in [0.29, 0.717) is 17.3 Å². The fourth-order valence-electron chi connectivity index (χ4n) is 3.85. The molecule has 0 radical (unpaired) electrons. The number of benzene rings is 2. The van der Waals surface area contributed by atoms with Crippen LogP contribution in [-0.2, 0) is 16.1 Å². The summed E-state index contributed by atoms with van der Waals surface area (Å²) < 4.78 is 10.9. The standard InChI is InChI=1S/C23H27ClN4O4/c1-27-8-10-28(11-9-27)19(17-4-7-20-21(12-17)32-15-31-20)14-26-23(30)22(29)25-13-16-2-5-18(24)6-3-16/h2-7,12,19H,8-11,13-15H2,1H3,(H,25,29)(H,26,30). The van der Waals surface area contributed by atoms with Crippen LogP contribution < -0.4 is 20.1 Å². The van der Waals surface area contributed by atoms with Gasteiger partial charge in [0.15, 0.2) is 11.5 Å². The number of carbonyl (C=O) groups excluding carboxylic acids is 2. The van der Waals surface area contributed by atoms with Gasteiger partial charge in [-0.3, -0.25) is 14.5 Å². The Bertz CT molecular complexity index is 961. The third-order valence-electron chi connectivity index (χ3n) is 5.79. The maximum absolute atomic E-state index is 12.5. The number of hydrogen-bond donors (Lipinski definition) is 2. The summed E-state index contributed by atoms with van der Waals surface area (Å²) in [6.45, 7) is 4.40. The normalized spacial score (nSPS) is 17.1. The molecule has 1 saturated heterocycles. The number of halogens is 1. The molecule has 0 aliphatic carbocycles. The molecule has 1 fully saturated rings. The zero-order valence-corrected chi connectivity index (χ0v) is 18.7. The van der Waals surface area contributed by atoms with Crippen LogP contribution in [0.3, 0.4) is 0 Å².